The molecule has 1 heterocycles. The molecule has 3 heteroatoms. The molecule has 1 spiro atoms. The first-order valence-corrected chi connectivity index (χ1v) is 6.97. The lowest BCUT2D eigenvalue weighted by atomic mass is 9.66. The second kappa shape index (κ2) is 4.48. The fourth-order valence-electron chi connectivity index (χ4n) is 3.42. The highest BCUT2D eigenvalue weighted by Crippen LogP contribution is 2.46. The zero-order chi connectivity index (χ0) is 13.5. The fraction of sp³-hybridized carbons (Fsp3) is 0.500. The van der Waals surface area contributed by atoms with Gasteiger partial charge in [0.2, 0.25) is 0 Å². The highest BCUT2D eigenvalue weighted by molar-refractivity contribution is 5.93. The molecule has 19 heavy (non-hydrogen) atoms. The number of fused-ring (bicyclic) bond motifs is 2. The van der Waals surface area contributed by atoms with Gasteiger partial charge < -0.3 is 4.74 Å². The minimum absolute atomic E-state index is 0.217. The molecule has 1 fully saturated rings. The lowest BCUT2D eigenvalue weighted by Crippen LogP contribution is -2.38. The molecule has 1 aliphatic heterocycles. The molecule has 3 nitrogen and oxygen atoms in total. The van der Waals surface area contributed by atoms with Crippen LogP contribution >= 0.6 is 0 Å². The molecule has 100 valence electrons. The average molecular weight is 258 g/mol. The van der Waals surface area contributed by atoms with Crippen molar-refractivity contribution in [2.75, 3.05) is 0 Å². The summed E-state index contributed by atoms with van der Waals surface area (Å²) in [6.45, 7) is 1.93. The Balaban J connectivity index is 2.19. The average Bonchev–Trinajstić information content (AvgIpc) is 2.54. The maximum atomic E-state index is 12.5. The lowest BCUT2D eigenvalue weighted by molar-refractivity contribution is -0.134. The maximum absolute atomic E-state index is 12.5. The molecule has 1 aromatic rings. The van der Waals surface area contributed by atoms with Gasteiger partial charge in [-0.15, -0.1) is 0 Å². The van der Waals surface area contributed by atoms with Crippen LogP contribution in [-0.2, 0) is 15.0 Å². The van der Waals surface area contributed by atoms with Crippen LogP contribution in [0.1, 0.15) is 49.7 Å². The number of rotatable bonds is 0. The Morgan fingerprint density at radius 3 is 2.74 bits per heavy atom. The number of esters is 1. The molecule has 3 rings (SSSR count). The van der Waals surface area contributed by atoms with E-state index in [1.807, 2.05) is 25.1 Å². The summed E-state index contributed by atoms with van der Waals surface area (Å²) in [6.07, 6.45) is 4.42. The van der Waals surface area contributed by atoms with Crippen LogP contribution in [-0.4, -0.2) is 11.8 Å². The molecular formula is C16H18O3. The summed E-state index contributed by atoms with van der Waals surface area (Å²) < 4.78 is 5.47. The first-order valence-electron chi connectivity index (χ1n) is 6.97. The molecule has 0 saturated heterocycles. The third-order valence-electron chi connectivity index (χ3n) is 4.49. The van der Waals surface area contributed by atoms with E-state index in [1.165, 1.54) is 0 Å². The van der Waals surface area contributed by atoms with Crippen molar-refractivity contribution in [3.8, 4) is 5.75 Å². The van der Waals surface area contributed by atoms with Crippen LogP contribution in [0.2, 0.25) is 0 Å². The number of carbonyl (C=O) groups excluding carboxylic acids is 2. The highest BCUT2D eigenvalue weighted by Gasteiger charge is 2.45. The summed E-state index contributed by atoms with van der Waals surface area (Å²) in [5, 5.41) is 0. The van der Waals surface area contributed by atoms with Crippen LogP contribution in [0, 0.1) is 6.92 Å². The van der Waals surface area contributed by atoms with Crippen molar-refractivity contribution >= 4 is 11.8 Å². The Bertz CT molecular complexity index is 547. The van der Waals surface area contributed by atoms with Gasteiger partial charge in [0.15, 0.2) is 0 Å². The van der Waals surface area contributed by atoms with E-state index in [-0.39, 0.29) is 11.8 Å². The van der Waals surface area contributed by atoms with Crippen LogP contribution in [0.4, 0.5) is 0 Å². The van der Waals surface area contributed by atoms with E-state index in [0.717, 1.165) is 30.4 Å². The van der Waals surface area contributed by atoms with Gasteiger partial charge >= 0.3 is 5.97 Å². The molecule has 0 amide bonds. The van der Waals surface area contributed by atoms with Crippen molar-refractivity contribution in [3.05, 3.63) is 29.3 Å². The molecule has 1 atom stereocenters. The molecule has 1 aliphatic carbocycles. The largest absolute Gasteiger partial charge is 0.426 e. The van der Waals surface area contributed by atoms with Gasteiger partial charge in [-0.3, -0.25) is 9.59 Å². The second-order valence-corrected chi connectivity index (χ2v) is 5.64. The van der Waals surface area contributed by atoms with Crippen LogP contribution in [0.15, 0.2) is 18.2 Å². The van der Waals surface area contributed by atoms with Gasteiger partial charge in [-0.25, -0.2) is 0 Å². The Morgan fingerprint density at radius 1 is 1.11 bits per heavy atom. The van der Waals surface area contributed by atoms with E-state index < -0.39 is 5.41 Å². The van der Waals surface area contributed by atoms with Crippen LogP contribution in [0.5, 0.6) is 5.75 Å². The van der Waals surface area contributed by atoms with Crippen molar-refractivity contribution in [2.24, 2.45) is 0 Å². The fourth-order valence-corrected chi connectivity index (χ4v) is 3.42. The third-order valence-corrected chi connectivity index (χ3v) is 4.49. The SMILES string of the molecule is Cc1cccc2c1OC(=O)CCC21CCCCC1=O. The van der Waals surface area contributed by atoms with E-state index in [0.29, 0.717) is 25.0 Å². The highest BCUT2D eigenvalue weighted by atomic mass is 16.5. The Morgan fingerprint density at radius 2 is 1.95 bits per heavy atom. The van der Waals surface area contributed by atoms with Crippen LogP contribution < -0.4 is 4.74 Å². The summed E-state index contributed by atoms with van der Waals surface area (Å²) in [7, 11) is 0. The number of benzene rings is 1. The minimum atomic E-state index is -0.480. The van der Waals surface area contributed by atoms with Gasteiger partial charge in [-0.05, 0) is 31.7 Å². The summed E-state index contributed by atoms with van der Waals surface area (Å²) in [6, 6.07) is 5.85. The minimum Gasteiger partial charge on any atom is -0.426 e. The molecular weight excluding hydrogens is 240 g/mol. The number of carbonyl (C=O) groups is 2. The molecule has 0 N–H and O–H groups in total. The van der Waals surface area contributed by atoms with Crippen molar-refractivity contribution < 1.29 is 14.3 Å². The van der Waals surface area contributed by atoms with E-state index in [9.17, 15) is 9.59 Å². The smallest absolute Gasteiger partial charge is 0.311 e. The summed E-state index contributed by atoms with van der Waals surface area (Å²) >= 11 is 0. The quantitative estimate of drug-likeness (QED) is 0.530. The van der Waals surface area contributed by atoms with Crippen molar-refractivity contribution in [1.82, 2.24) is 0 Å². The molecule has 1 aromatic carbocycles. The zero-order valence-electron chi connectivity index (χ0n) is 11.2. The van der Waals surface area contributed by atoms with Gasteiger partial charge in [0.1, 0.15) is 11.5 Å². The Hall–Kier alpha value is -1.64. The monoisotopic (exact) mass is 258 g/mol. The van der Waals surface area contributed by atoms with Crippen molar-refractivity contribution in [3.63, 3.8) is 0 Å². The Kier molecular flexibility index (Phi) is 2.92. The number of ketones is 1. The first kappa shape index (κ1) is 12.4. The van der Waals surface area contributed by atoms with Gasteiger partial charge in [-0.1, -0.05) is 24.6 Å². The van der Waals surface area contributed by atoms with Gasteiger partial charge in [0.25, 0.3) is 0 Å². The van der Waals surface area contributed by atoms with Crippen LogP contribution in [0.3, 0.4) is 0 Å². The van der Waals surface area contributed by atoms with Gasteiger partial charge in [-0.2, -0.15) is 0 Å². The van der Waals surface area contributed by atoms with Crippen LogP contribution in [0.25, 0.3) is 0 Å². The first-order chi connectivity index (χ1) is 9.13. The predicted molar refractivity (Wildman–Crippen MR) is 71.2 cm³/mol. The molecule has 1 unspecified atom stereocenters. The number of hydrogen-bond donors (Lipinski definition) is 0. The molecule has 0 radical (unpaired) electrons. The normalized spacial score (nSPS) is 26.8. The number of ether oxygens (including phenoxy) is 1. The van der Waals surface area contributed by atoms with E-state index in [2.05, 4.69) is 0 Å². The summed E-state index contributed by atoms with van der Waals surface area (Å²) in [5.74, 6) is 0.690. The van der Waals surface area contributed by atoms with Crippen molar-refractivity contribution in [2.45, 2.75) is 50.9 Å². The third kappa shape index (κ3) is 1.88. The van der Waals surface area contributed by atoms with E-state index in [4.69, 9.17) is 4.74 Å². The molecule has 2 aliphatic rings. The second-order valence-electron chi connectivity index (χ2n) is 5.64. The zero-order valence-corrected chi connectivity index (χ0v) is 11.2. The standard InChI is InChI=1S/C16H18O3/c1-11-5-4-6-12-15(11)19-14(18)8-10-16(12)9-3-2-7-13(16)17/h4-6H,2-3,7-10H2,1H3. The Labute approximate surface area is 113 Å². The van der Waals surface area contributed by atoms with E-state index >= 15 is 0 Å². The summed E-state index contributed by atoms with van der Waals surface area (Å²) in [5.41, 5.74) is 1.39. The number of aryl methyl sites for hydroxylation is 1. The number of Topliss-reactive ketones (excluding diaryl/α,β-unsaturated/α-hetero) is 1. The van der Waals surface area contributed by atoms with Crippen molar-refractivity contribution in [1.29, 1.82) is 0 Å². The predicted octanol–water partition coefficient (Wildman–Crippen LogP) is 3.08. The van der Waals surface area contributed by atoms with E-state index in [1.54, 1.807) is 0 Å². The topological polar surface area (TPSA) is 43.4 Å². The maximum Gasteiger partial charge on any atom is 0.311 e. The number of para-hydroxylation sites is 1. The van der Waals surface area contributed by atoms with Gasteiger partial charge in [0.05, 0.1) is 5.41 Å². The lowest BCUT2D eigenvalue weighted by Gasteiger charge is -2.35. The molecule has 1 saturated carbocycles. The summed E-state index contributed by atoms with van der Waals surface area (Å²) in [4.78, 5) is 24.3. The number of hydrogen-bond acceptors (Lipinski definition) is 3. The van der Waals surface area contributed by atoms with Gasteiger partial charge in [0, 0.05) is 18.4 Å². The molecule has 0 bridgehead atoms. The molecule has 0 aromatic heterocycles.